The van der Waals surface area contributed by atoms with E-state index in [4.69, 9.17) is 4.74 Å². The van der Waals surface area contributed by atoms with Crippen LogP contribution in [0.1, 0.15) is 42.3 Å². The number of pyridine rings is 1. The summed E-state index contributed by atoms with van der Waals surface area (Å²) in [5, 5.41) is 13.0. The van der Waals surface area contributed by atoms with Gasteiger partial charge in [-0.15, -0.1) is 0 Å². The Morgan fingerprint density at radius 2 is 1.93 bits per heavy atom. The number of hydrogen-bond acceptors (Lipinski definition) is 4. The first kappa shape index (κ1) is 20.9. The minimum Gasteiger partial charge on any atom is -0.508 e. The fourth-order valence-electron chi connectivity index (χ4n) is 2.85. The second kappa shape index (κ2) is 8.66. The van der Waals surface area contributed by atoms with Gasteiger partial charge in [-0.1, -0.05) is 26.8 Å². The molecule has 0 aliphatic rings. The number of phenols is 1. The first-order chi connectivity index (χ1) is 13.7. The van der Waals surface area contributed by atoms with E-state index in [1.54, 1.807) is 42.7 Å². The van der Waals surface area contributed by atoms with E-state index in [0.29, 0.717) is 23.6 Å². The Morgan fingerprint density at radius 1 is 1.14 bits per heavy atom. The fraction of sp³-hybridized carbons (Fsp3) is 0.217. The lowest BCUT2D eigenvalue weighted by Gasteiger charge is -2.21. The van der Waals surface area contributed by atoms with Crippen molar-refractivity contribution in [2.75, 3.05) is 5.32 Å². The standard InChI is InChI=1S/C23H23BrN2O3/c1-23(2,3)20-10-16(7-8-21(20)27)22(28)26-18-5-4-6-19(11-18)29-14-15-9-17(24)13-25-12-15/h4-13,27H,14H2,1-3H3,(H,26,28). The van der Waals surface area contributed by atoms with Crippen LogP contribution in [-0.4, -0.2) is 16.0 Å². The molecule has 0 unspecified atom stereocenters. The number of rotatable bonds is 5. The molecule has 6 heteroatoms. The van der Waals surface area contributed by atoms with Crippen molar-refractivity contribution in [3.05, 3.63) is 82.1 Å². The van der Waals surface area contributed by atoms with Crippen LogP contribution in [0.2, 0.25) is 0 Å². The molecule has 1 amide bonds. The minimum absolute atomic E-state index is 0.187. The van der Waals surface area contributed by atoms with E-state index < -0.39 is 0 Å². The molecule has 150 valence electrons. The summed E-state index contributed by atoms with van der Waals surface area (Å²) in [4.78, 5) is 16.8. The van der Waals surface area contributed by atoms with Crippen LogP contribution in [0, 0.1) is 0 Å². The van der Waals surface area contributed by atoms with Gasteiger partial charge in [0, 0.05) is 45.3 Å². The van der Waals surface area contributed by atoms with Crippen LogP contribution in [0.25, 0.3) is 0 Å². The summed E-state index contributed by atoms with van der Waals surface area (Å²) in [6.07, 6.45) is 3.46. The molecular formula is C23H23BrN2O3. The number of benzene rings is 2. The fourth-order valence-corrected chi connectivity index (χ4v) is 3.26. The molecular weight excluding hydrogens is 432 g/mol. The van der Waals surface area contributed by atoms with Gasteiger partial charge < -0.3 is 15.2 Å². The highest BCUT2D eigenvalue weighted by Gasteiger charge is 2.20. The molecule has 1 aromatic heterocycles. The molecule has 3 aromatic rings. The van der Waals surface area contributed by atoms with Crippen LogP contribution in [0.15, 0.2) is 65.4 Å². The van der Waals surface area contributed by atoms with E-state index in [2.05, 4.69) is 26.2 Å². The van der Waals surface area contributed by atoms with E-state index in [-0.39, 0.29) is 17.1 Å². The third-order valence-corrected chi connectivity index (χ3v) is 4.76. The molecule has 2 aromatic carbocycles. The maximum absolute atomic E-state index is 12.7. The average Bonchev–Trinajstić information content (AvgIpc) is 2.66. The van der Waals surface area contributed by atoms with Gasteiger partial charge in [-0.2, -0.15) is 0 Å². The average molecular weight is 455 g/mol. The zero-order valence-corrected chi connectivity index (χ0v) is 18.2. The molecule has 0 spiro atoms. The van der Waals surface area contributed by atoms with Gasteiger partial charge in [-0.3, -0.25) is 9.78 Å². The van der Waals surface area contributed by atoms with E-state index in [0.717, 1.165) is 15.6 Å². The number of hydrogen-bond donors (Lipinski definition) is 2. The summed E-state index contributed by atoms with van der Waals surface area (Å²) in [5.74, 6) is 0.583. The molecule has 0 aliphatic heterocycles. The Labute approximate surface area is 178 Å². The predicted octanol–water partition coefficient (Wildman–Crippen LogP) is 5.68. The highest BCUT2D eigenvalue weighted by molar-refractivity contribution is 9.10. The number of nitrogens with one attached hydrogen (secondary N) is 1. The van der Waals surface area contributed by atoms with Crippen LogP contribution in [0.3, 0.4) is 0 Å². The highest BCUT2D eigenvalue weighted by atomic mass is 79.9. The number of aromatic nitrogens is 1. The molecule has 1 heterocycles. The molecule has 0 saturated carbocycles. The molecule has 0 fully saturated rings. The van der Waals surface area contributed by atoms with E-state index in [1.165, 1.54) is 0 Å². The normalized spacial score (nSPS) is 11.2. The Balaban J connectivity index is 1.71. The largest absolute Gasteiger partial charge is 0.508 e. The number of carbonyl (C=O) groups excluding carboxylic acids is 1. The molecule has 0 aliphatic carbocycles. The maximum atomic E-state index is 12.7. The third-order valence-electron chi connectivity index (χ3n) is 4.33. The number of anilines is 1. The van der Waals surface area contributed by atoms with Crippen molar-refractivity contribution < 1.29 is 14.6 Å². The molecule has 5 nitrogen and oxygen atoms in total. The minimum atomic E-state index is -0.268. The van der Waals surface area contributed by atoms with Gasteiger partial charge in [0.1, 0.15) is 18.1 Å². The second-order valence-electron chi connectivity index (χ2n) is 7.76. The topological polar surface area (TPSA) is 71.5 Å². The maximum Gasteiger partial charge on any atom is 0.255 e. The number of aromatic hydroxyl groups is 1. The smallest absolute Gasteiger partial charge is 0.255 e. The predicted molar refractivity (Wildman–Crippen MR) is 117 cm³/mol. The summed E-state index contributed by atoms with van der Waals surface area (Å²) < 4.78 is 6.70. The Hall–Kier alpha value is -2.86. The monoisotopic (exact) mass is 454 g/mol. The van der Waals surface area contributed by atoms with E-state index in [1.807, 2.05) is 39.0 Å². The zero-order chi connectivity index (χ0) is 21.0. The molecule has 0 bridgehead atoms. The number of carbonyl (C=O) groups is 1. The Bertz CT molecular complexity index is 1030. The van der Waals surface area contributed by atoms with Crippen molar-refractivity contribution in [2.45, 2.75) is 32.8 Å². The lowest BCUT2D eigenvalue weighted by Crippen LogP contribution is -2.16. The van der Waals surface area contributed by atoms with Crippen molar-refractivity contribution in [1.82, 2.24) is 4.98 Å². The molecule has 0 atom stereocenters. The van der Waals surface area contributed by atoms with Crippen molar-refractivity contribution in [3.63, 3.8) is 0 Å². The van der Waals surface area contributed by atoms with Gasteiger partial charge in [0.2, 0.25) is 0 Å². The van der Waals surface area contributed by atoms with Crippen LogP contribution in [-0.2, 0) is 12.0 Å². The molecule has 0 saturated heterocycles. The second-order valence-corrected chi connectivity index (χ2v) is 8.68. The van der Waals surface area contributed by atoms with Gasteiger partial charge in [-0.25, -0.2) is 0 Å². The van der Waals surface area contributed by atoms with Crippen LogP contribution < -0.4 is 10.1 Å². The van der Waals surface area contributed by atoms with Crippen LogP contribution in [0.4, 0.5) is 5.69 Å². The molecule has 0 radical (unpaired) electrons. The van der Waals surface area contributed by atoms with Crippen LogP contribution >= 0.6 is 15.9 Å². The van der Waals surface area contributed by atoms with Gasteiger partial charge in [0.15, 0.2) is 0 Å². The Kier molecular flexibility index (Phi) is 6.23. The Morgan fingerprint density at radius 3 is 2.66 bits per heavy atom. The van der Waals surface area contributed by atoms with Crippen LogP contribution in [0.5, 0.6) is 11.5 Å². The highest BCUT2D eigenvalue weighted by Crippen LogP contribution is 2.31. The summed E-state index contributed by atoms with van der Waals surface area (Å²) >= 11 is 3.39. The number of ether oxygens (including phenoxy) is 1. The molecule has 2 N–H and O–H groups in total. The third kappa shape index (κ3) is 5.57. The quantitative estimate of drug-likeness (QED) is 0.520. The summed E-state index contributed by atoms with van der Waals surface area (Å²) in [6.45, 7) is 6.35. The van der Waals surface area contributed by atoms with Gasteiger partial charge in [0.05, 0.1) is 0 Å². The zero-order valence-electron chi connectivity index (χ0n) is 16.6. The summed E-state index contributed by atoms with van der Waals surface area (Å²) in [5.41, 5.74) is 2.51. The first-order valence-corrected chi connectivity index (χ1v) is 9.99. The molecule has 29 heavy (non-hydrogen) atoms. The van der Waals surface area contributed by atoms with Crippen molar-refractivity contribution in [3.8, 4) is 11.5 Å². The van der Waals surface area contributed by atoms with Gasteiger partial charge >= 0.3 is 0 Å². The van der Waals surface area contributed by atoms with Crippen molar-refractivity contribution in [1.29, 1.82) is 0 Å². The first-order valence-electron chi connectivity index (χ1n) is 9.19. The van der Waals surface area contributed by atoms with Gasteiger partial charge in [0.25, 0.3) is 5.91 Å². The lowest BCUT2D eigenvalue weighted by molar-refractivity contribution is 0.102. The SMILES string of the molecule is CC(C)(C)c1cc(C(=O)Nc2cccc(OCc3cncc(Br)c3)c2)ccc1O. The lowest BCUT2D eigenvalue weighted by atomic mass is 9.85. The number of halogens is 1. The van der Waals surface area contributed by atoms with E-state index >= 15 is 0 Å². The van der Waals surface area contributed by atoms with Gasteiger partial charge in [-0.05, 0) is 57.7 Å². The number of phenolic OH excluding ortho intramolecular Hbond substituents is 1. The van der Waals surface area contributed by atoms with Crippen molar-refractivity contribution >= 4 is 27.5 Å². The molecule has 3 rings (SSSR count). The van der Waals surface area contributed by atoms with Crippen molar-refractivity contribution in [2.24, 2.45) is 0 Å². The van der Waals surface area contributed by atoms with E-state index in [9.17, 15) is 9.90 Å². The number of amides is 1. The summed E-state index contributed by atoms with van der Waals surface area (Å²) in [7, 11) is 0. The summed E-state index contributed by atoms with van der Waals surface area (Å²) in [6, 6.07) is 14.1. The number of nitrogens with zero attached hydrogens (tertiary/aromatic N) is 1.